The van der Waals surface area contributed by atoms with Gasteiger partial charge in [0.15, 0.2) is 0 Å². The highest BCUT2D eigenvalue weighted by atomic mass is 35.5. The minimum Gasteiger partial charge on any atom is -0.314 e. The number of rotatable bonds is 10. The van der Waals surface area contributed by atoms with Gasteiger partial charge in [-0.3, -0.25) is 0 Å². The molecule has 40 heavy (non-hydrogen) atoms. The number of alkyl halides is 6. The SMILES string of the molecule is CC(CC1CNC(CC(C)NS(=O)(=O)c2cccc(C(F)(F)F)c2)C1)NS(=O)(=O)c1cccc(C(F)(F)F)c1.Cl. The largest absolute Gasteiger partial charge is 0.416 e. The van der Waals surface area contributed by atoms with E-state index in [2.05, 4.69) is 14.8 Å². The number of nitrogens with one attached hydrogen (secondary N) is 3. The zero-order valence-corrected chi connectivity index (χ0v) is 23.8. The maximum absolute atomic E-state index is 13.0. The van der Waals surface area contributed by atoms with Gasteiger partial charge in [-0.05, 0) is 82.0 Å². The fraction of sp³-hybridized carbons (Fsp3) is 0.500. The van der Waals surface area contributed by atoms with E-state index >= 15 is 0 Å². The van der Waals surface area contributed by atoms with Crippen molar-refractivity contribution in [3.8, 4) is 0 Å². The van der Waals surface area contributed by atoms with Gasteiger partial charge in [0.2, 0.25) is 20.0 Å². The van der Waals surface area contributed by atoms with Gasteiger partial charge in [0.25, 0.3) is 0 Å². The lowest BCUT2D eigenvalue weighted by molar-refractivity contribution is -0.138. The van der Waals surface area contributed by atoms with Crippen molar-refractivity contribution >= 4 is 32.5 Å². The van der Waals surface area contributed by atoms with Crippen LogP contribution in [0.5, 0.6) is 0 Å². The second-order valence-corrected chi connectivity index (χ2v) is 13.2. The van der Waals surface area contributed by atoms with Gasteiger partial charge in [0.05, 0.1) is 20.9 Å². The van der Waals surface area contributed by atoms with Crippen LogP contribution in [0.4, 0.5) is 26.3 Å². The van der Waals surface area contributed by atoms with Crippen molar-refractivity contribution in [1.29, 1.82) is 0 Å². The summed E-state index contributed by atoms with van der Waals surface area (Å²) in [6.07, 6.45) is -8.07. The molecule has 0 amide bonds. The number of hydrogen-bond donors (Lipinski definition) is 3. The summed E-state index contributed by atoms with van der Waals surface area (Å²) in [4.78, 5) is -0.989. The summed E-state index contributed by atoms with van der Waals surface area (Å²) >= 11 is 0. The molecule has 0 spiro atoms. The molecule has 3 rings (SSSR count). The topological polar surface area (TPSA) is 104 Å². The Hall–Kier alpha value is -1.91. The predicted octanol–water partition coefficient (Wildman–Crippen LogP) is 4.94. The van der Waals surface area contributed by atoms with Crippen LogP contribution in [0.3, 0.4) is 0 Å². The summed E-state index contributed by atoms with van der Waals surface area (Å²) in [5.41, 5.74) is -2.14. The minimum atomic E-state index is -4.68. The van der Waals surface area contributed by atoms with E-state index in [-0.39, 0.29) is 24.4 Å². The zero-order chi connectivity index (χ0) is 29.2. The molecule has 1 aliphatic heterocycles. The Morgan fingerprint density at radius 3 is 1.65 bits per heavy atom. The van der Waals surface area contributed by atoms with Crippen molar-refractivity contribution in [1.82, 2.24) is 14.8 Å². The molecule has 0 saturated carbocycles. The van der Waals surface area contributed by atoms with Gasteiger partial charge >= 0.3 is 12.4 Å². The summed E-state index contributed by atoms with van der Waals surface area (Å²) < 4.78 is 133. The van der Waals surface area contributed by atoms with Crippen molar-refractivity contribution in [3.05, 3.63) is 59.7 Å². The van der Waals surface area contributed by atoms with Crippen LogP contribution in [0.2, 0.25) is 0 Å². The molecule has 7 nitrogen and oxygen atoms in total. The van der Waals surface area contributed by atoms with Crippen molar-refractivity contribution in [2.24, 2.45) is 5.92 Å². The van der Waals surface area contributed by atoms with Crippen LogP contribution in [0.1, 0.15) is 44.2 Å². The van der Waals surface area contributed by atoms with E-state index in [4.69, 9.17) is 0 Å². The maximum atomic E-state index is 13.0. The second-order valence-electron chi connectivity index (χ2n) is 9.77. The molecule has 4 unspecified atom stereocenters. The monoisotopic (exact) mass is 637 g/mol. The van der Waals surface area contributed by atoms with E-state index in [1.165, 1.54) is 0 Å². The van der Waals surface area contributed by atoms with Crippen LogP contribution < -0.4 is 14.8 Å². The number of benzene rings is 2. The molecular formula is C24H30ClF6N3O4S2. The molecule has 2 aromatic rings. The van der Waals surface area contributed by atoms with E-state index in [0.29, 0.717) is 37.9 Å². The van der Waals surface area contributed by atoms with Crippen LogP contribution in [-0.4, -0.2) is 41.5 Å². The Bertz CT molecular complexity index is 1270. The molecule has 3 N–H and O–H groups in total. The number of halogens is 7. The molecule has 4 atom stereocenters. The standard InChI is InChI=1S/C24H29F6N3O4S2.ClH/c1-15(32-38(34,35)21-7-3-5-18(12-21)23(25,26)27)9-17-11-20(31-14-17)10-16(2)33-39(36,37)22-8-4-6-19(13-22)24(28,29)30;/h3-8,12-13,15-17,20,31-33H,9-11,14H2,1-2H3;1H. The van der Waals surface area contributed by atoms with Crippen molar-refractivity contribution in [2.75, 3.05) is 6.54 Å². The van der Waals surface area contributed by atoms with E-state index < -0.39 is 65.4 Å². The average Bonchev–Trinajstić information content (AvgIpc) is 3.23. The van der Waals surface area contributed by atoms with Gasteiger partial charge in [0, 0.05) is 18.1 Å². The third kappa shape index (κ3) is 9.31. The Kier molecular flexibility index (Phi) is 11.1. The smallest absolute Gasteiger partial charge is 0.314 e. The maximum Gasteiger partial charge on any atom is 0.416 e. The van der Waals surface area contributed by atoms with Crippen molar-refractivity contribution in [2.45, 2.75) is 73.4 Å². The van der Waals surface area contributed by atoms with Crippen LogP contribution >= 0.6 is 12.4 Å². The lowest BCUT2D eigenvalue weighted by Crippen LogP contribution is -2.37. The highest BCUT2D eigenvalue weighted by molar-refractivity contribution is 7.89. The van der Waals surface area contributed by atoms with Crippen molar-refractivity contribution in [3.63, 3.8) is 0 Å². The average molecular weight is 638 g/mol. The molecule has 0 radical (unpaired) electrons. The lowest BCUT2D eigenvalue weighted by Gasteiger charge is -2.20. The van der Waals surface area contributed by atoms with Gasteiger partial charge < -0.3 is 5.32 Å². The van der Waals surface area contributed by atoms with E-state index in [1.807, 2.05) is 0 Å². The summed E-state index contributed by atoms with van der Waals surface area (Å²) in [6.45, 7) is 3.70. The van der Waals surface area contributed by atoms with E-state index in [1.54, 1.807) is 13.8 Å². The normalized spacial score (nSPS) is 20.1. The third-order valence-corrected chi connectivity index (χ3v) is 9.47. The van der Waals surface area contributed by atoms with Crippen LogP contribution in [-0.2, 0) is 32.4 Å². The Labute approximate surface area is 235 Å². The number of sulfonamides is 2. The Morgan fingerprint density at radius 2 is 1.23 bits per heavy atom. The third-order valence-electron chi connectivity index (χ3n) is 6.29. The van der Waals surface area contributed by atoms with Crippen molar-refractivity contribution < 1.29 is 43.2 Å². The van der Waals surface area contributed by atoms with Gasteiger partial charge in [-0.15, -0.1) is 12.4 Å². The van der Waals surface area contributed by atoms with Crippen LogP contribution in [0, 0.1) is 5.92 Å². The number of hydrogen-bond acceptors (Lipinski definition) is 5. The lowest BCUT2D eigenvalue weighted by atomic mass is 9.96. The van der Waals surface area contributed by atoms with Gasteiger partial charge in [-0.2, -0.15) is 26.3 Å². The summed E-state index contributed by atoms with van der Waals surface area (Å²) in [5, 5.41) is 3.23. The summed E-state index contributed by atoms with van der Waals surface area (Å²) in [7, 11) is -8.39. The molecule has 0 aliphatic carbocycles. The fourth-order valence-electron chi connectivity index (χ4n) is 4.63. The summed E-state index contributed by atoms with van der Waals surface area (Å²) in [6, 6.07) is 5.58. The molecule has 1 fully saturated rings. The van der Waals surface area contributed by atoms with Gasteiger partial charge in [0.1, 0.15) is 0 Å². The first kappa shape index (κ1) is 34.3. The fourth-order valence-corrected chi connectivity index (χ4v) is 7.23. The summed E-state index contributed by atoms with van der Waals surface area (Å²) in [5.74, 6) is 0.00137. The van der Waals surface area contributed by atoms with E-state index in [9.17, 15) is 43.2 Å². The van der Waals surface area contributed by atoms with Crippen LogP contribution in [0.15, 0.2) is 58.3 Å². The molecular weight excluding hydrogens is 608 g/mol. The minimum absolute atomic E-state index is 0. The van der Waals surface area contributed by atoms with Crippen LogP contribution in [0.25, 0.3) is 0 Å². The van der Waals surface area contributed by atoms with Gasteiger partial charge in [-0.25, -0.2) is 26.3 Å². The quantitative estimate of drug-likeness (QED) is 0.320. The first-order valence-electron chi connectivity index (χ1n) is 12.0. The molecule has 2 aromatic carbocycles. The highest BCUT2D eigenvalue weighted by Crippen LogP contribution is 2.32. The van der Waals surface area contributed by atoms with E-state index in [0.717, 1.165) is 36.4 Å². The Morgan fingerprint density at radius 1 is 0.800 bits per heavy atom. The molecule has 0 bridgehead atoms. The second kappa shape index (κ2) is 12.9. The first-order valence-corrected chi connectivity index (χ1v) is 15.0. The molecule has 226 valence electrons. The molecule has 1 saturated heterocycles. The van der Waals surface area contributed by atoms with Gasteiger partial charge in [-0.1, -0.05) is 12.1 Å². The molecule has 16 heteroatoms. The zero-order valence-electron chi connectivity index (χ0n) is 21.4. The highest BCUT2D eigenvalue weighted by Gasteiger charge is 2.34. The first-order chi connectivity index (χ1) is 17.9. The molecule has 0 aromatic heterocycles. The molecule has 1 heterocycles. The Balaban J connectivity index is 0.00000560. The predicted molar refractivity (Wildman–Crippen MR) is 139 cm³/mol. The molecule has 1 aliphatic rings.